The fraction of sp³-hybridized carbons (Fsp3) is 0.368. The second kappa shape index (κ2) is 7.64. The van der Waals surface area contributed by atoms with Gasteiger partial charge < -0.3 is 4.57 Å². The van der Waals surface area contributed by atoms with Gasteiger partial charge in [-0.2, -0.15) is 4.99 Å². The molecule has 0 atom stereocenters. The average Bonchev–Trinajstić information content (AvgIpc) is 2.49. The second-order valence-electron chi connectivity index (χ2n) is 6.58. The molecule has 0 saturated heterocycles. The maximum atomic E-state index is 12.1. The minimum Gasteiger partial charge on any atom is -0.328 e. The number of nitrogens with zero attached hydrogens (tertiary/aromatic N) is 2. The van der Waals surface area contributed by atoms with Crippen molar-refractivity contribution < 1.29 is 4.79 Å². The molecule has 0 fully saturated rings. The third-order valence-electron chi connectivity index (χ3n) is 3.26. The van der Waals surface area contributed by atoms with Crippen LogP contribution in [0, 0.1) is 6.92 Å². The van der Waals surface area contributed by atoms with Gasteiger partial charge in [-0.1, -0.05) is 56.7 Å². The molecule has 2 aromatic rings. The van der Waals surface area contributed by atoms with Crippen LogP contribution in [0.25, 0.3) is 0 Å². The summed E-state index contributed by atoms with van der Waals surface area (Å²) in [5, 5.41) is 0. The smallest absolute Gasteiger partial charge is 0.257 e. The number of aromatic nitrogens is 1. The molecular formula is C19H24N2OS. The van der Waals surface area contributed by atoms with E-state index in [1.807, 2.05) is 29.0 Å². The molecule has 0 radical (unpaired) electrons. The van der Waals surface area contributed by atoms with Crippen molar-refractivity contribution in [1.82, 2.24) is 4.57 Å². The summed E-state index contributed by atoms with van der Waals surface area (Å²) in [6.07, 6.45) is 1.96. The molecule has 0 aliphatic heterocycles. The van der Waals surface area contributed by atoms with Gasteiger partial charge in [0.2, 0.25) is 0 Å². The van der Waals surface area contributed by atoms with Crippen LogP contribution in [0.1, 0.15) is 31.9 Å². The Hall–Kier alpha value is -1.81. The lowest BCUT2D eigenvalue weighted by Crippen LogP contribution is -2.23. The zero-order chi connectivity index (χ0) is 16.9. The molecule has 0 aliphatic rings. The van der Waals surface area contributed by atoms with Crippen molar-refractivity contribution in [2.45, 2.75) is 39.0 Å². The van der Waals surface area contributed by atoms with E-state index in [0.717, 1.165) is 0 Å². The highest BCUT2D eigenvalue weighted by Crippen LogP contribution is 2.22. The summed E-state index contributed by atoms with van der Waals surface area (Å²) < 4.78 is 2.07. The number of hydrogen-bond donors (Lipinski definition) is 0. The van der Waals surface area contributed by atoms with Crippen molar-refractivity contribution >= 4 is 17.7 Å². The van der Waals surface area contributed by atoms with E-state index >= 15 is 0 Å². The molecule has 0 spiro atoms. The van der Waals surface area contributed by atoms with E-state index in [9.17, 15) is 4.79 Å². The van der Waals surface area contributed by atoms with Gasteiger partial charge in [-0.15, -0.1) is 11.8 Å². The molecule has 0 aliphatic carbocycles. The molecule has 2 rings (SSSR count). The molecule has 0 unspecified atom stereocenters. The van der Waals surface area contributed by atoms with Gasteiger partial charge in [-0.25, -0.2) is 0 Å². The Kier molecular flexibility index (Phi) is 5.83. The van der Waals surface area contributed by atoms with E-state index in [1.165, 1.54) is 11.1 Å². The fourth-order valence-corrected chi connectivity index (χ4v) is 2.65. The molecule has 0 saturated carbocycles. The van der Waals surface area contributed by atoms with E-state index in [-0.39, 0.29) is 10.7 Å². The van der Waals surface area contributed by atoms with Crippen LogP contribution in [0.15, 0.2) is 53.7 Å². The first-order chi connectivity index (χ1) is 10.8. The summed E-state index contributed by atoms with van der Waals surface area (Å²) in [5.74, 6) is 0.317. The first-order valence-electron chi connectivity index (χ1n) is 7.76. The third-order valence-corrected chi connectivity index (χ3v) is 4.52. The number of rotatable bonds is 4. The minimum atomic E-state index is -0.0891. The van der Waals surface area contributed by atoms with Crippen LogP contribution in [0.5, 0.6) is 0 Å². The van der Waals surface area contributed by atoms with Gasteiger partial charge in [0.1, 0.15) is 5.49 Å². The Morgan fingerprint density at radius 2 is 1.83 bits per heavy atom. The molecule has 4 heteroatoms. The lowest BCUT2D eigenvalue weighted by atomic mass is 10.1. The summed E-state index contributed by atoms with van der Waals surface area (Å²) in [5.41, 5.74) is 3.14. The monoisotopic (exact) mass is 328 g/mol. The molecule has 1 amide bonds. The first kappa shape index (κ1) is 17.5. The van der Waals surface area contributed by atoms with Crippen molar-refractivity contribution in [2.75, 3.05) is 5.75 Å². The Bertz CT molecular complexity index is 724. The van der Waals surface area contributed by atoms with Crippen LogP contribution < -0.4 is 5.49 Å². The number of hydrogen-bond acceptors (Lipinski definition) is 2. The van der Waals surface area contributed by atoms with E-state index in [4.69, 9.17) is 0 Å². The van der Waals surface area contributed by atoms with Gasteiger partial charge in [-0.3, -0.25) is 4.79 Å². The number of benzene rings is 1. The largest absolute Gasteiger partial charge is 0.328 e. The summed E-state index contributed by atoms with van der Waals surface area (Å²) in [4.78, 5) is 16.4. The van der Waals surface area contributed by atoms with Gasteiger partial charge in [-0.05, 0) is 24.6 Å². The van der Waals surface area contributed by atoms with Crippen molar-refractivity contribution in [3.63, 3.8) is 0 Å². The molecule has 0 bridgehead atoms. The second-order valence-corrected chi connectivity index (χ2v) is 8.38. The average molecular weight is 328 g/mol. The van der Waals surface area contributed by atoms with Crippen LogP contribution in [-0.4, -0.2) is 21.0 Å². The van der Waals surface area contributed by atoms with E-state index in [2.05, 4.69) is 57.0 Å². The maximum Gasteiger partial charge on any atom is 0.257 e. The number of thioether (sulfide) groups is 1. The Labute approximate surface area is 142 Å². The lowest BCUT2D eigenvalue weighted by molar-refractivity contribution is -0.115. The maximum absolute atomic E-state index is 12.1. The predicted octanol–water partition coefficient (Wildman–Crippen LogP) is 3.80. The fourth-order valence-electron chi connectivity index (χ4n) is 2.03. The van der Waals surface area contributed by atoms with Crippen LogP contribution in [-0.2, 0) is 11.3 Å². The van der Waals surface area contributed by atoms with Crippen molar-refractivity contribution in [3.05, 3.63) is 65.3 Å². The molecule has 23 heavy (non-hydrogen) atoms. The number of aryl methyl sites for hydroxylation is 1. The number of pyridine rings is 1. The highest BCUT2D eigenvalue weighted by molar-refractivity contribution is 8.01. The Morgan fingerprint density at radius 3 is 2.48 bits per heavy atom. The quantitative estimate of drug-likeness (QED) is 0.855. The zero-order valence-electron chi connectivity index (χ0n) is 14.2. The SMILES string of the molecule is Cc1ccc(Cn2ccccc2=NC(=O)CSC(C)(C)C)cc1. The minimum absolute atomic E-state index is 0.0692. The van der Waals surface area contributed by atoms with E-state index in [0.29, 0.717) is 17.8 Å². The molecule has 1 heterocycles. The van der Waals surface area contributed by atoms with Gasteiger partial charge in [0.25, 0.3) is 5.91 Å². The third kappa shape index (κ3) is 6.06. The standard InChI is InChI=1S/C19H24N2OS/c1-15-8-10-16(11-9-15)13-21-12-6-5-7-17(21)20-18(22)14-23-19(2,3)4/h5-12H,13-14H2,1-4H3. The molecular weight excluding hydrogens is 304 g/mol. The number of carbonyl (C=O) groups is 1. The Morgan fingerprint density at radius 1 is 1.13 bits per heavy atom. The van der Waals surface area contributed by atoms with Crippen molar-refractivity contribution in [2.24, 2.45) is 4.99 Å². The number of carbonyl (C=O) groups excluding carboxylic acids is 1. The summed E-state index contributed by atoms with van der Waals surface area (Å²) >= 11 is 1.62. The van der Waals surface area contributed by atoms with Gasteiger partial charge in [0, 0.05) is 17.5 Å². The Balaban J connectivity index is 2.18. The summed E-state index contributed by atoms with van der Waals surface area (Å²) in [7, 11) is 0. The predicted molar refractivity (Wildman–Crippen MR) is 97.5 cm³/mol. The molecule has 1 aromatic carbocycles. The first-order valence-corrected chi connectivity index (χ1v) is 8.74. The van der Waals surface area contributed by atoms with Crippen LogP contribution in [0.2, 0.25) is 0 Å². The molecule has 3 nitrogen and oxygen atoms in total. The topological polar surface area (TPSA) is 34.4 Å². The van der Waals surface area contributed by atoms with Crippen LogP contribution in [0.4, 0.5) is 0 Å². The van der Waals surface area contributed by atoms with Crippen LogP contribution in [0.3, 0.4) is 0 Å². The number of amides is 1. The summed E-state index contributed by atoms with van der Waals surface area (Å²) in [6.45, 7) is 9.09. The molecule has 122 valence electrons. The molecule has 1 aromatic heterocycles. The highest BCUT2D eigenvalue weighted by Gasteiger charge is 2.12. The molecule has 0 N–H and O–H groups in total. The van der Waals surface area contributed by atoms with Crippen molar-refractivity contribution in [1.29, 1.82) is 0 Å². The zero-order valence-corrected chi connectivity index (χ0v) is 15.1. The van der Waals surface area contributed by atoms with Crippen molar-refractivity contribution in [3.8, 4) is 0 Å². The van der Waals surface area contributed by atoms with Gasteiger partial charge in [0.05, 0.1) is 5.75 Å². The van der Waals surface area contributed by atoms with Crippen LogP contribution >= 0.6 is 11.8 Å². The van der Waals surface area contributed by atoms with Gasteiger partial charge in [0.15, 0.2) is 0 Å². The van der Waals surface area contributed by atoms with E-state index in [1.54, 1.807) is 11.8 Å². The lowest BCUT2D eigenvalue weighted by Gasteiger charge is -2.15. The summed E-state index contributed by atoms with van der Waals surface area (Å²) in [6, 6.07) is 14.2. The highest BCUT2D eigenvalue weighted by atomic mass is 32.2. The van der Waals surface area contributed by atoms with E-state index < -0.39 is 0 Å². The normalized spacial score (nSPS) is 12.4. The van der Waals surface area contributed by atoms with Gasteiger partial charge >= 0.3 is 0 Å².